The van der Waals surface area contributed by atoms with Crippen LogP contribution in [0.5, 0.6) is 0 Å². The second-order valence-corrected chi connectivity index (χ2v) is 3.97. The van der Waals surface area contributed by atoms with Gasteiger partial charge in [-0.2, -0.15) is 5.10 Å². The van der Waals surface area contributed by atoms with E-state index in [-0.39, 0.29) is 0 Å². The normalized spacial score (nSPS) is 11.4. The third-order valence-electron chi connectivity index (χ3n) is 2.51. The smallest absolute Gasteiger partial charge is 0.203 e. The van der Waals surface area contributed by atoms with Crippen molar-refractivity contribution in [3.8, 4) is 0 Å². The van der Waals surface area contributed by atoms with Gasteiger partial charge >= 0.3 is 0 Å². The molecule has 3 heterocycles. The zero-order valence-corrected chi connectivity index (χ0v) is 9.69. The van der Waals surface area contributed by atoms with Crippen molar-refractivity contribution >= 4 is 29.0 Å². The highest BCUT2D eigenvalue weighted by atomic mass is 32.1. The van der Waals surface area contributed by atoms with Crippen molar-refractivity contribution in [3.05, 3.63) is 28.8 Å². The number of rotatable bonds is 0. The summed E-state index contributed by atoms with van der Waals surface area (Å²) in [5.74, 6) is 0. The standard InChI is InChI=1S/C10H9N5S/c1-6-8-12-7-4-3-5-11-9(7)15(8)10(16)14(2)13-6/h3-5H,1-2H3. The number of hydrogen-bond donors (Lipinski definition) is 0. The van der Waals surface area contributed by atoms with E-state index in [1.807, 2.05) is 30.5 Å². The molecule has 0 aliphatic carbocycles. The SMILES string of the molecule is Cc1nn(C)c(=S)n2c1nc1cccnc12. The lowest BCUT2D eigenvalue weighted by Gasteiger charge is -2.02. The number of hydrogen-bond acceptors (Lipinski definition) is 4. The molecule has 0 aliphatic rings. The van der Waals surface area contributed by atoms with Gasteiger partial charge in [0.2, 0.25) is 4.77 Å². The Morgan fingerprint density at radius 3 is 2.94 bits per heavy atom. The average Bonchev–Trinajstić information content (AvgIpc) is 2.66. The van der Waals surface area contributed by atoms with Crippen molar-refractivity contribution in [2.45, 2.75) is 6.92 Å². The fraction of sp³-hybridized carbons (Fsp3) is 0.200. The molecule has 16 heavy (non-hydrogen) atoms. The van der Waals surface area contributed by atoms with Crippen LogP contribution in [0.2, 0.25) is 0 Å². The quantitative estimate of drug-likeness (QED) is 0.552. The molecule has 6 heteroatoms. The molecule has 80 valence electrons. The molecule has 5 nitrogen and oxygen atoms in total. The highest BCUT2D eigenvalue weighted by Gasteiger charge is 2.10. The summed E-state index contributed by atoms with van der Waals surface area (Å²) in [7, 11) is 1.82. The van der Waals surface area contributed by atoms with Gasteiger partial charge in [0.1, 0.15) is 11.2 Å². The van der Waals surface area contributed by atoms with Crippen LogP contribution in [0, 0.1) is 11.7 Å². The van der Waals surface area contributed by atoms with Gasteiger partial charge in [-0.3, -0.25) is 0 Å². The Hall–Kier alpha value is -1.82. The molecule has 0 atom stereocenters. The van der Waals surface area contributed by atoms with Gasteiger partial charge in [-0.25, -0.2) is 19.1 Å². The molecule has 0 spiro atoms. The highest BCUT2D eigenvalue weighted by molar-refractivity contribution is 7.71. The summed E-state index contributed by atoms with van der Waals surface area (Å²) in [6.45, 7) is 1.91. The first-order chi connectivity index (χ1) is 7.68. The van der Waals surface area contributed by atoms with Crippen molar-refractivity contribution in [2.24, 2.45) is 7.05 Å². The largest absolute Gasteiger partial charge is 0.250 e. The maximum Gasteiger partial charge on any atom is 0.203 e. The van der Waals surface area contributed by atoms with E-state index in [0.29, 0.717) is 4.77 Å². The molecule has 0 amide bonds. The summed E-state index contributed by atoms with van der Waals surface area (Å²) >= 11 is 5.32. The lowest BCUT2D eigenvalue weighted by molar-refractivity contribution is 0.677. The summed E-state index contributed by atoms with van der Waals surface area (Å²) in [5.41, 5.74) is 3.24. The summed E-state index contributed by atoms with van der Waals surface area (Å²) in [6.07, 6.45) is 1.74. The van der Waals surface area contributed by atoms with Crippen LogP contribution in [0.4, 0.5) is 0 Å². The van der Waals surface area contributed by atoms with E-state index in [0.717, 1.165) is 22.5 Å². The lowest BCUT2D eigenvalue weighted by Crippen LogP contribution is -2.07. The maximum absolute atomic E-state index is 5.32. The summed E-state index contributed by atoms with van der Waals surface area (Å²) in [5, 5.41) is 4.30. The van der Waals surface area contributed by atoms with Crippen LogP contribution in [0.15, 0.2) is 18.3 Å². The second-order valence-electron chi connectivity index (χ2n) is 3.61. The van der Waals surface area contributed by atoms with Gasteiger partial charge in [0, 0.05) is 13.2 Å². The van der Waals surface area contributed by atoms with Crippen LogP contribution in [-0.4, -0.2) is 24.1 Å². The molecule has 0 fully saturated rings. The summed E-state index contributed by atoms with van der Waals surface area (Å²) in [4.78, 5) is 8.78. The van der Waals surface area contributed by atoms with E-state index >= 15 is 0 Å². The van der Waals surface area contributed by atoms with Gasteiger partial charge < -0.3 is 0 Å². The molecule has 0 aliphatic heterocycles. The predicted octanol–water partition coefficient (Wildman–Crippen LogP) is 1.65. The van der Waals surface area contributed by atoms with Gasteiger partial charge in [-0.15, -0.1) is 0 Å². The Labute approximate surface area is 96.4 Å². The molecule has 0 aromatic carbocycles. The molecule has 3 aromatic rings. The number of nitrogens with zero attached hydrogens (tertiary/aromatic N) is 5. The fourth-order valence-electron chi connectivity index (χ4n) is 1.79. The first-order valence-electron chi connectivity index (χ1n) is 4.85. The van der Waals surface area contributed by atoms with E-state index in [2.05, 4.69) is 15.1 Å². The molecular weight excluding hydrogens is 222 g/mol. The van der Waals surface area contributed by atoms with Crippen LogP contribution in [0.1, 0.15) is 5.69 Å². The van der Waals surface area contributed by atoms with E-state index in [1.54, 1.807) is 10.9 Å². The van der Waals surface area contributed by atoms with Crippen LogP contribution in [-0.2, 0) is 7.05 Å². The first-order valence-corrected chi connectivity index (χ1v) is 5.26. The molecule has 0 saturated heterocycles. The monoisotopic (exact) mass is 231 g/mol. The molecule has 0 unspecified atom stereocenters. The number of pyridine rings is 1. The topological polar surface area (TPSA) is 48.0 Å². The Morgan fingerprint density at radius 2 is 2.12 bits per heavy atom. The third-order valence-corrected chi connectivity index (χ3v) is 2.95. The maximum atomic E-state index is 5.32. The minimum Gasteiger partial charge on any atom is -0.250 e. The van der Waals surface area contributed by atoms with E-state index < -0.39 is 0 Å². The van der Waals surface area contributed by atoms with Crippen molar-refractivity contribution in [3.63, 3.8) is 0 Å². The Morgan fingerprint density at radius 1 is 1.31 bits per heavy atom. The molecule has 3 rings (SSSR count). The Bertz CT molecular complexity index is 755. The van der Waals surface area contributed by atoms with Crippen LogP contribution >= 0.6 is 12.2 Å². The highest BCUT2D eigenvalue weighted by Crippen LogP contribution is 2.15. The number of aryl methyl sites for hydroxylation is 2. The van der Waals surface area contributed by atoms with Gasteiger partial charge in [-0.1, -0.05) is 0 Å². The van der Waals surface area contributed by atoms with Crippen molar-refractivity contribution < 1.29 is 0 Å². The second kappa shape index (κ2) is 3.08. The molecule has 0 N–H and O–H groups in total. The third kappa shape index (κ3) is 1.10. The zero-order valence-electron chi connectivity index (χ0n) is 8.88. The average molecular weight is 231 g/mol. The van der Waals surface area contributed by atoms with E-state index in [1.165, 1.54) is 0 Å². The Balaban J connectivity index is 2.71. The lowest BCUT2D eigenvalue weighted by atomic mass is 10.4. The zero-order chi connectivity index (χ0) is 11.3. The minimum atomic E-state index is 0.599. The van der Waals surface area contributed by atoms with Crippen molar-refractivity contribution in [1.82, 2.24) is 24.1 Å². The summed E-state index contributed by atoms with van der Waals surface area (Å²) in [6, 6.07) is 3.78. The van der Waals surface area contributed by atoms with Crippen LogP contribution in [0.25, 0.3) is 16.8 Å². The van der Waals surface area contributed by atoms with Crippen LogP contribution < -0.4 is 0 Å². The van der Waals surface area contributed by atoms with Crippen molar-refractivity contribution in [2.75, 3.05) is 0 Å². The first kappa shape index (κ1) is 9.41. The number of fused-ring (bicyclic) bond motifs is 3. The molecular formula is C10H9N5S. The molecule has 3 aromatic heterocycles. The minimum absolute atomic E-state index is 0.599. The van der Waals surface area contributed by atoms with E-state index in [4.69, 9.17) is 12.2 Å². The summed E-state index contributed by atoms with van der Waals surface area (Å²) < 4.78 is 4.11. The molecule has 0 bridgehead atoms. The van der Waals surface area contributed by atoms with Gasteiger partial charge in [0.15, 0.2) is 11.3 Å². The Kier molecular flexibility index (Phi) is 1.81. The predicted molar refractivity (Wildman–Crippen MR) is 62.8 cm³/mol. The fourth-order valence-corrected chi connectivity index (χ4v) is 2.01. The van der Waals surface area contributed by atoms with E-state index in [9.17, 15) is 0 Å². The van der Waals surface area contributed by atoms with Gasteiger partial charge in [0.05, 0.1) is 0 Å². The van der Waals surface area contributed by atoms with Crippen LogP contribution in [0.3, 0.4) is 0 Å². The van der Waals surface area contributed by atoms with Crippen molar-refractivity contribution in [1.29, 1.82) is 0 Å². The van der Waals surface area contributed by atoms with Gasteiger partial charge in [0.25, 0.3) is 0 Å². The molecule has 0 radical (unpaired) electrons. The number of aromatic nitrogens is 5. The molecule has 0 saturated carbocycles. The number of imidazole rings is 1. The van der Waals surface area contributed by atoms with Gasteiger partial charge in [-0.05, 0) is 31.3 Å².